The van der Waals surface area contributed by atoms with Crippen molar-refractivity contribution in [1.29, 1.82) is 0 Å². The highest BCUT2D eigenvalue weighted by molar-refractivity contribution is 8.00. The first-order valence-electron chi connectivity index (χ1n) is 14.5. The van der Waals surface area contributed by atoms with Gasteiger partial charge in [0.05, 0.1) is 13.0 Å². The number of fused-ring (bicyclic) bond motifs is 3. The first-order valence-corrected chi connectivity index (χ1v) is 15.4. The average molecular weight is 559 g/mol. The third kappa shape index (κ3) is 5.81. The lowest BCUT2D eigenvalue weighted by Crippen LogP contribution is -2.67. The van der Waals surface area contributed by atoms with Crippen molar-refractivity contribution in [3.8, 4) is 5.75 Å². The number of aliphatic carboxylic acids is 1. The molecule has 6 rings (SSSR count). The summed E-state index contributed by atoms with van der Waals surface area (Å²) in [5.74, 6) is 0.831. The Kier molecular flexibility index (Phi) is 8.89. The number of piperidine rings is 3. The zero-order valence-corrected chi connectivity index (χ0v) is 24.9. The lowest BCUT2D eigenvalue weighted by Gasteiger charge is -2.55. The van der Waals surface area contributed by atoms with Gasteiger partial charge in [-0.3, -0.25) is 9.69 Å². The highest BCUT2D eigenvalue weighted by Crippen LogP contribution is 2.46. The molecule has 1 unspecified atom stereocenters. The third-order valence-corrected chi connectivity index (χ3v) is 10.2. The highest BCUT2D eigenvalue weighted by Gasteiger charge is 2.53. The summed E-state index contributed by atoms with van der Waals surface area (Å²) in [5.41, 5.74) is 4.76. The van der Waals surface area contributed by atoms with Crippen LogP contribution in [-0.4, -0.2) is 54.0 Å². The van der Waals surface area contributed by atoms with E-state index in [1.54, 1.807) is 7.11 Å². The van der Waals surface area contributed by atoms with E-state index in [1.165, 1.54) is 16.7 Å². The molecule has 3 heterocycles. The summed E-state index contributed by atoms with van der Waals surface area (Å²) in [6.07, 6.45) is 0.888. The molecule has 40 heavy (non-hydrogen) atoms. The Balaban J connectivity index is 1.42. The number of hydrogen-bond acceptors (Lipinski definition) is 5. The number of carboxylic acid groups (broad SMARTS) is 1. The van der Waals surface area contributed by atoms with Crippen molar-refractivity contribution in [3.05, 3.63) is 101 Å². The van der Waals surface area contributed by atoms with Gasteiger partial charge in [-0.25, -0.2) is 0 Å². The molecular weight excluding hydrogens is 516 g/mol. The summed E-state index contributed by atoms with van der Waals surface area (Å²) in [7, 11) is 1.72. The smallest absolute Gasteiger partial charge is 0.308 e. The van der Waals surface area contributed by atoms with Crippen LogP contribution in [0.1, 0.15) is 55.4 Å². The Labute approximate surface area is 243 Å². The second-order valence-corrected chi connectivity index (χ2v) is 13.4. The van der Waals surface area contributed by atoms with E-state index in [1.807, 2.05) is 23.9 Å². The Morgan fingerprint density at radius 1 is 1.07 bits per heavy atom. The number of carbonyl (C=O) groups is 1. The van der Waals surface area contributed by atoms with Crippen LogP contribution in [0.25, 0.3) is 0 Å². The molecule has 0 aromatic heterocycles. The van der Waals surface area contributed by atoms with Gasteiger partial charge in [-0.1, -0.05) is 73.7 Å². The standard InChI is InChI=1S/C34H42N2O3S/c1-5-40-34(2,3)26-16-17-29(39-4)25(20-26)21-35-28-22-36-19-18-27(28)31(33(37)38)32(36)30(23-12-8-6-9-13-23)24-14-10-7-11-15-24/h6-17,20,27-28,30-32,35H,5,18-19,21-22H2,1-4H3,(H,37,38)/t27-,28+,31+,32-/m1/s1. The minimum absolute atomic E-state index is 0.00215. The van der Waals surface area contributed by atoms with Crippen LogP contribution in [0.4, 0.5) is 0 Å². The molecule has 0 radical (unpaired) electrons. The number of nitrogens with zero attached hydrogens (tertiary/aromatic N) is 1. The molecule has 3 fully saturated rings. The number of rotatable bonds is 11. The number of hydrogen-bond donors (Lipinski definition) is 2. The molecule has 2 bridgehead atoms. The summed E-state index contributed by atoms with van der Waals surface area (Å²) in [6, 6.07) is 27.4. The lowest BCUT2D eigenvalue weighted by molar-refractivity contribution is -0.155. The summed E-state index contributed by atoms with van der Waals surface area (Å²) >= 11 is 1.93. The highest BCUT2D eigenvalue weighted by atomic mass is 32.2. The number of nitrogens with one attached hydrogen (secondary N) is 1. The zero-order chi connectivity index (χ0) is 28.3. The van der Waals surface area contributed by atoms with Crippen molar-refractivity contribution in [2.45, 2.75) is 56.5 Å². The van der Waals surface area contributed by atoms with E-state index >= 15 is 0 Å². The first-order chi connectivity index (χ1) is 19.3. The van der Waals surface area contributed by atoms with Crippen LogP contribution in [-0.2, 0) is 16.1 Å². The average Bonchev–Trinajstić information content (AvgIpc) is 2.97. The molecular formula is C34H42N2O3S. The molecule has 3 aromatic rings. The van der Waals surface area contributed by atoms with Crippen molar-refractivity contribution in [3.63, 3.8) is 0 Å². The molecule has 0 amide bonds. The number of thioether (sulfide) groups is 1. The van der Waals surface area contributed by atoms with Crippen molar-refractivity contribution in [2.24, 2.45) is 11.8 Å². The Morgan fingerprint density at radius 3 is 2.30 bits per heavy atom. The van der Waals surface area contributed by atoms with Crippen LogP contribution in [0, 0.1) is 11.8 Å². The molecule has 3 saturated heterocycles. The SMILES string of the molecule is CCSC(C)(C)c1ccc(OC)c(CN[C@H]2CN3CC[C@H]2[C@H](C(=O)O)[C@H]3C(c2ccccc2)c2ccccc2)c1. The van der Waals surface area contributed by atoms with Crippen LogP contribution >= 0.6 is 11.8 Å². The van der Waals surface area contributed by atoms with Gasteiger partial charge in [0, 0.05) is 41.4 Å². The van der Waals surface area contributed by atoms with Gasteiger partial charge >= 0.3 is 5.97 Å². The fourth-order valence-corrected chi connectivity index (χ4v) is 8.04. The van der Waals surface area contributed by atoms with Gasteiger partial charge in [-0.2, -0.15) is 11.8 Å². The molecule has 2 N–H and O–H groups in total. The maximum absolute atomic E-state index is 13.0. The second kappa shape index (κ2) is 12.4. The third-order valence-electron chi connectivity index (χ3n) is 8.93. The van der Waals surface area contributed by atoms with Gasteiger partial charge in [0.15, 0.2) is 0 Å². The lowest BCUT2D eigenvalue weighted by atomic mass is 9.65. The van der Waals surface area contributed by atoms with Gasteiger partial charge in [-0.15, -0.1) is 0 Å². The quantitative estimate of drug-likeness (QED) is 0.285. The minimum atomic E-state index is -0.694. The molecule has 6 heteroatoms. The predicted molar refractivity (Wildman–Crippen MR) is 164 cm³/mol. The van der Waals surface area contributed by atoms with Crippen molar-refractivity contribution in [1.82, 2.24) is 10.2 Å². The maximum atomic E-state index is 13.0. The van der Waals surface area contributed by atoms with Crippen LogP contribution in [0.3, 0.4) is 0 Å². The fraction of sp³-hybridized carbons (Fsp3) is 0.441. The largest absolute Gasteiger partial charge is 0.496 e. The van der Waals surface area contributed by atoms with E-state index in [4.69, 9.17) is 4.74 Å². The zero-order valence-electron chi connectivity index (χ0n) is 24.0. The van der Waals surface area contributed by atoms with E-state index in [0.29, 0.717) is 6.54 Å². The summed E-state index contributed by atoms with van der Waals surface area (Å²) in [6.45, 7) is 9.14. The van der Waals surface area contributed by atoms with E-state index in [-0.39, 0.29) is 28.7 Å². The molecule has 3 aliphatic heterocycles. The monoisotopic (exact) mass is 558 g/mol. The predicted octanol–water partition coefficient (Wildman–Crippen LogP) is 6.38. The molecule has 5 atom stereocenters. The van der Waals surface area contributed by atoms with Gasteiger partial charge in [0.2, 0.25) is 0 Å². The van der Waals surface area contributed by atoms with Gasteiger partial charge in [0.1, 0.15) is 5.75 Å². The fourth-order valence-electron chi connectivity index (χ4n) is 7.02. The first kappa shape index (κ1) is 28.7. The Morgan fingerprint density at radius 2 is 1.73 bits per heavy atom. The molecule has 212 valence electrons. The number of benzene rings is 3. The van der Waals surface area contributed by atoms with Crippen LogP contribution < -0.4 is 10.1 Å². The van der Waals surface area contributed by atoms with Gasteiger partial charge in [-0.05, 0) is 67.3 Å². The molecule has 0 aliphatic carbocycles. The molecule has 3 aromatic carbocycles. The van der Waals surface area contributed by atoms with Crippen LogP contribution in [0.2, 0.25) is 0 Å². The molecule has 0 saturated carbocycles. The number of methoxy groups -OCH3 is 1. The summed E-state index contributed by atoms with van der Waals surface area (Å²) in [4.78, 5) is 15.4. The van der Waals surface area contributed by atoms with Crippen LogP contribution in [0.5, 0.6) is 5.75 Å². The minimum Gasteiger partial charge on any atom is -0.496 e. The molecule has 3 aliphatic rings. The van der Waals surface area contributed by atoms with Crippen LogP contribution in [0.15, 0.2) is 78.9 Å². The molecule has 0 spiro atoms. The van der Waals surface area contributed by atoms with E-state index in [0.717, 1.165) is 36.6 Å². The maximum Gasteiger partial charge on any atom is 0.308 e. The number of carboxylic acids is 1. The topological polar surface area (TPSA) is 61.8 Å². The second-order valence-electron chi connectivity index (χ2n) is 11.6. The van der Waals surface area contributed by atoms with Gasteiger partial charge in [0.25, 0.3) is 0 Å². The summed E-state index contributed by atoms with van der Waals surface area (Å²) in [5, 5.41) is 14.4. The molecule has 5 nitrogen and oxygen atoms in total. The van der Waals surface area contributed by atoms with E-state index < -0.39 is 11.9 Å². The van der Waals surface area contributed by atoms with E-state index in [2.05, 4.69) is 97.7 Å². The normalized spacial score (nSPS) is 24.3. The van der Waals surface area contributed by atoms with Crippen molar-refractivity contribution in [2.75, 3.05) is 26.0 Å². The summed E-state index contributed by atoms with van der Waals surface area (Å²) < 4.78 is 5.74. The van der Waals surface area contributed by atoms with Gasteiger partial charge < -0.3 is 15.2 Å². The van der Waals surface area contributed by atoms with Crippen molar-refractivity contribution < 1.29 is 14.6 Å². The number of ether oxygens (including phenoxy) is 1. The van der Waals surface area contributed by atoms with E-state index in [9.17, 15) is 9.90 Å². The van der Waals surface area contributed by atoms with Crippen molar-refractivity contribution >= 4 is 17.7 Å². The Hall–Kier alpha value is -2.80. The Bertz CT molecular complexity index is 1240.